The van der Waals surface area contributed by atoms with Gasteiger partial charge in [-0.1, -0.05) is 30.3 Å². The number of amides is 3. The fourth-order valence-electron chi connectivity index (χ4n) is 3.64. The third-order valence-electron chi connectivity index (χ3n) is 5.05. The average molecular weight is 366 g/mol. The van der Waals surface area contributed by atoms with E-state index in [2.05, 4.69) is 34.7 Å². The van der Waals surface area contributed by atoms with Crippen molar-refractivity contribution in [2.24, 2.45) is 5.92 Å². The van der Waals surface area contributed by atoms with Gasteiger partial charge in [0.1, 0.15) is 0 Å². The van der Waals surface area contributed by atoms with Gasteiger partial charge in [0.25, 0.3) is 0 Å². The van der Waals surface area contributed by atoms with Crippen LogP contribution in [0.5, 0.6) is 0 Å². The van der Waals surface area contributed by atoms with Crippen LogP contribution in [0.25, 0.3) is 0 Å². The summed E-state index contributed by atoms with van der Waals surface area (Å²) in [4.78, 5) is 31.1. The smallest absolute Gasteiger partial charge is 0.317 e. The molecule has 27 heavy (non-hydrogen) atoms. The van der Waals surface area contributed by atoms with E-state index < -0.39 is 0 Å². The maximum Gasteiger partial charge on any atom is 0.317 e. The Kier molecular flexibility index (Phi) is 6.06. The van der Waals surface area contributed by atoms with Crippen molar-refractivity contribution in [1.82, 2.24) is 20.5 Å². The van der Waals surface area contributed by atoms with Gasteiger partial charge in [0.05, 0.1) is 5.92 Å². The molecular weight excluding hydrogens is 340 g/mol. The molecule has 0 bridgehead atoms. The Morgan fingerprint density at radius 1 is 1.15 bits per heavy atom. The van der Waals surface area contributed by atoms with Crippen molar-refractivity contribution in [2.75, 3.05) is 19.6 Å². The zero-order valence-electron chi connectivity index (χ0n) is 15.8. The Morgan fingerprint density at radius 2 is 1.96 bits per heavy atom. The van der Waals surface area contributed by atoms with E-state index in [1.165, 1.54) is 0 Å². The molecule has 2 atom stereocenters. The second-order valence-electron chi connectivity index (χ2n) is 6.89. The van der Waals surface area contributed by atoms with E-state index in [0.717, 1.165) is 16.7 Å². The third kappa shape index (κ3) is 4.45. The summed E-state index contributed by atoms with van der Waals surface area (Å²) >= 11 is 0. The molecule has 0 saturated carbocycles. The van der Waals surface area contributed by atoms with E-state index in [1.54, 1.807) is 17.3 Å². The second-order valence-corrected chi connectivity index (χ2v) is 6.89. The van der Waals surface area contributed by atoms with Gasteiger partial charge >= 0.3 is 6.03 Å². The second kappa shape index (κ2) is 8.66. The number of likely N-dealkylation sites (tertiary alicyclic amines) is 1. The summed E-state index contributed by atoms with van der Waals surface area (Å²) in [6.07, 6.45) is 3.45. The number of aryl methyl sites for hydroxylation is 1. The number of benzene rings is 1. The molecule has 0 aliphatic carbocycles. The van der Waals surface area contributed by atoms with Crippen molar-refractivity contribution >= 4 is 11.9 Å². The molecule has 1 saturated heterocycles. The lowest BCUT2D eigenvalue weighted by atomic mass is 9.86. The highest BCUT2D eigenvalue weighted by Crippen LogP contribution is 2.34. The van der Waals surface area contributed by atoms with Gasteiger partial charge in [-0.25, -0.2) is 4.79 Å². The minimum atomic E-state index is -0.273. The molecule has 2 aromatic rings. The van der Waals surface area contributed by atoms with Crippen LogP contribution in [0.2, 0.25) is 0 Å². The van der Waals surface area contributed by atoms with Gasteiger partial charge < -0.3 is 15.5 Å². The van der Waals surface area contributed by atoms with Crippen LogP contribution < -0.4 is 10.6 Å². The number of rotatable bonds is 5. The molecule has 142 valence electrons. The van der Waals surface area contributed by atoms with Gasteiger partial charge in [0.15, 0.2) is 0 Å². The highest BCUT2D eigenvalue weighted by Gasteiger charge is 2.40. The van der Waals surface area contributed by atoms with Gasteiger partial charge in [-0.2, -0.15) is 0 Å². The van der Waals surface area contributed by atoms with E-state index in [1.807, 2.05) is 31.2 Å². The molecule has 6 nitrogen and oxygen atoms in total. The molecule has 1 aromatic carbocycles. The molecule has 0 unspecified atom stereocenters. The number of aromatic nitrogens is 1. The van der Waals surface area contributed by atoms with E-state index in [4.69, 9.17) is 0 Å². The highest BCUT2D eigenvalue weighted by atomic mass is 16.2. The summed E-state index contributed by atoms with van der Waals surface area (Å²) in [5.74, 6) is -0.313. The first-order valence-corrected chi connectivity index (χ1v) is 9.35. The number of urea groups is 1. The summed E-state index contributed by atoms with van der Waals surface area (Å²) < 4.78 is 0. The standard InChI is InChI=1S/C21H26N4O2/c1-3-23-21(27)25-13-18(17-9-5-4-7-15(17)2)19(14-25)20(26)24-12-16-8-6-10-22-11-16/h4-11,18-19H,3,12-14H2,1-2H3,(H,23,27)(H,24,26)/t18-,19-/m1/s1. The number of nitrogens with zero attached hydrogens (tertiary/aromatic N) is 2. The van der Waals surface area contributed by atoms with Crippen molar-refractivity contribution in [3.8, 4) is 0 Å². The average Bonchev–Trinajstić information content (AvgIpc) is 3.13. The van der Waals surface area contributed by atoms with Crippen LogP contribution in [-0.2, 0) is 11.3 Å². The Hall–Kier alpha value is -2.89. The lowest BCUT2D eigenvalue weighted by Gasteiger charge is -2.20. The maximum absolute atomic E-state index is 12.9. The number of pyridine rings is 1. The maximum atomic E-state index is 12.9. The largest absolute Gasteiger partial charge is 0.352 e. The molecular formula is C21H26N4O2. The monoisotopic (exact) mass is 366 g/mol. The molecule has 1 aliphatic rings. The first-order valence-electron chi connectivity index (χ1n) is 9.35. The van der Waals surface area contributed by atoms with Gasteiger partial charge in [0, 0.05) is 44.5 Å². The number of carbonyl (C=O) groups excluding carboxylic acids is 2. The molecule has 3 rings (SSSR count). The predicted molar refractivity (Wildman–Crippen MR) is 104 cm³/mol. The van der Waals surface area contributed by atoms with E-state index >= 15 is 0 Å². The summed E-state index contributed by atoms with van der Waals surface area (Å²) in [5.41, 5.74) is 3.23. The molecule has 3 amide bonds. The Labute approximate surface area is 160 Å². The van der Waals surface area contributed by atoms with Crippen molar-refractivity contribution in [2.45, 2.75) is 26.3 Å². The molecule has 1 fully saturated rings. The SMILES string of the molecule is CCNC(=O)N1C[C@H](c2ccccc2C)[C@H](C(=O)NCc2cccnc2)C1. The molecule has 1 aromatic heterocycles. The van der Waals surface area contributed by atoms with Gasteiger partial charge in [0.2, 0.25) is 5.91 Å². The fraction of sp³-hybridized carbons (Fsp3) is 0.381. The van der Waals surface area contributed by atoms with Crippen LogP contribution in [0.4, 0.5) is 4.79 Å². The summed E-state index contributed by atoms with van der Waals surface area (Å²) in [6, 6.07) is 11.8. The molecule has 2 N–H and O–H groups in total. The van der Waals surface area contributed by atoms with Crippen LogP contribution in [0, 0.1) is 12.8 Å². The zero-order chi connectivity index (χ0) is 19.2. The fourth-order valence-corrected chi connectivity index (χ4v) is 3.64. The summed E-state index contributed by atoms with van der Waals surface area (Å²) in [5, 5.41) is 5.85. The zero-order valence-corrected chi connectivity index (χ0v) is 15.8. The number of nitrogens with one attached hydrogen (secondary N) is 2. The minimum absolute atomic E-state index is 0.0114. The van der Waals surface area contributed by atoms with Crippen molar-refractivity contribution in [3.05, 3.63) is 65.5 Å². The first kappa shape index (κ1) is 18.9. The van der Waals surface area contributed by atoms with Crippen LogP contribution in [-0.4, -0.2) is 41.5 Å². The molecule has 0 radical (unpaired) electrons. The highest BCUT2D eigenvalue weighted by molar-refractivity contribution is 5.83. The van der Waals surface area contributed by atoms with Crippen LogP contribution in [0.1, 0.15) is 29.5 Å². The number of hydrogen-bond acceptors (Lipinski definition) is 3. The van der Waals surface area contributed by atoms with Gasteiger partial charge in [-0.05, 0) is 36.6 Å². The van der Waals surface area contributed by atoms with E-state index in [9.17, 15) is 9.59 Å². The van der Waals surface area contributed by atoms with Crippen molar-refractivity contribution in [3.63, 3.8) is 0 Å². The predicted octanol–water partition coefficient (Wildman–Crippen LogP) is 2.45. The Bertz CT molecular complexity index is 794. The molecule has 2 heterocycles. The molecule has 0 spiro atoms. The van der Waals surface area contributed by atoms with E-state index in [0.29, 0.717) is 26.2 Å². The quantitative estimate of drug-likeness (QED) is 0.854. The van der Waals surface area contributed by atoms with Gasteiger partial charge in [-0.3, -0.25) is 9.78 Å². The van der Waals surface area contributed by atoms with Crippen LogP contribution >= 0.6 is 0 Å². The number of hydrogen-bond donors (Lipinski definition) is 2. The van der Waals surface area contributed by atoms with Crippen molar-refractivity contribution in [1.29, 1.82) is 0 Å². The lowest BCUT2D eigenvalue weighted by molar-refractivity contribution is -0.125. The normalized spacial score (nSPS) is 19.0. The summed E-state index contributed by atoms with van der Waals surface area (Å²) in [6.45, 7) is 5.91. The first-order chi connectivity index (χ1) is 13.1. The minimum Gasteiger partial charge on any atom is -0.352 e. The van der Waals surface area contributed by atoms with E-state index in [-0.39, 0.29) is 23.8 Å². The topological polar surface area (TPSA) is 74.3 Å². The third-order valence-corrected chi connectivity index (χ3v) is 5.05. The number of carbonyl (C=O) groups is 2. The van der Waals surface area contributed by atoms with Crippen LogP contribution in [0.15, 0.2) is 48.8 Å². The Morgan fingerprint density at radius 3 is 2.67 bits per heavy atom. The summed E-state index contributed by atoms with van der Waals surface area (Å²) in [7, 11) is 0. The van der Waals surface area contributed by atoms with Gasteiger partial charge in [-0.15, -0.1) is 0 Å². The molecule has 6 heteroatoms. The molecule has 1 aliphatic heterocycles. The Balaban J connectivity index is 1.77. The lowest BCUT2D eigenvalue weighted by Crippen LogP contribution is -2.39. The van der Waals surface area contributed by atoms with Crippen molar-refractivity contribution < 1.29 is 9.59 Å². The van der Waals surface area contributed by atoms with Crippen LogP contribution in [0.3, 0.4) is 0 Å².